The largest absolute Gasteiger partial charge is 0.393 e. The Morgan fingerprint density at radius 2 is 1.78 bits per heavy atom. The van der Waals surface area contributed by atoms with Crippen molar-refractivity contribution < 1.29 is 13.2 Å². The van der Waals surface area contributed by atoms with Gasteiger partial charge in [0.1, 0.15) is 0 Å². The van der Waals surface area contributed by atoms with Crippen LogP contribution in [0.3, 0.4) is 0 Å². The highest BCUT2D eigenvalue weighted by molar-refractivity contribution is 7.92. The van der Waals surface area contributed by atoms with E-state index in [1.54, 1.807) is 12.1 Å². The summed E-state index contributed by atoms with van der Waals surface area (Å²) >= 11 is 11.2. The van der Waals surface area contributed by atoms with Crippen molar-refractivity contribution >= 4 is 38.6 Å². The van der Waals surface area contributed by atoms with Gasteiger partial charge in [-0.05, 0) is 41.8 Å². The molecule has 1 fully saturated rings. The number of hydrogen-bond acceptors (Lipinski definition) is 4. The number of hydrogen-bond donors (Lipinski definition) is 1. The monoisotopic (exact) mass is 423 g/mol. The third-order valence-corrected chi connectivity index (χ3v) is 8.24. The predicted octanol–water partition coefficient (Wildman–Crippen LogP) is 3.76. The van der Waals surface area contributed by atoms with E-state index in [9.17, 15) is 8.42 Å². The van der Waals surface area contributed by atoms with Gasteiger partial charge < -0.3 is 10.5 Å². The zero-order chi connectivity index (χ0) is 19.8. The quantitative estimate of drug-likeness (QED) is 0.686. The van der Waals surface area contributed by atoms with Gasteiger partial charge in [0.05, 0.1) is 27.2 Å². The smallest absolute Gasteiger partial charge is 0.182 e. The maximum absolute atomic E-state index is 13.4. The van der Waals surface area contributed by atoms with E-state index in [2.05, 4.69) is 6.92 Å². The molecule has 1 saturated carbocycles. The number of halogens is 1. The predicted molar refractivity (Wildman–Crippen MR) is 112 cm³/mol. The number of nitrogens with two attached hydrogens (primary N) is 1. The second-order valence-corrected chi connectivity index (χ2v) is 9.78. The van der Waals surface area contributed by atoms with Crippen LogP contribution in [0.25, 0.3) is 0 Å². The standard InChI is InChI=1S/C20H22ClNO3S2/c1-3-13-4-6-14(7-5-13)17-18(20(17,12-25-2)19(22)26)27(23,24)16-10-8-15(21)9-11-16/h4-11,17-18H,3,12H2,1-2H3,(H2,22,26)/t17-,18-,20-/m0/s1. The fourth-order valence-corrected chi connectivity index (χ4v) is 6.74. The Labute approximate surface area is 170 Å². The normalized spacial score (nSPS) is 24.6. The second-order valence-electron chi connectivity index (χ2n) is 6.83. The van der Waals surface area contributed by atoms with Crippen LogP contribution in [0.2, 0.25) is 5.02 Å². The van der Waals surface area contributed by atoms with E-state index < -0.39 is 20.5 Å². The number of ether oxygens (including phenoxy) is 1. The van der Waals surface area contributed by atoms with Crippen molar-refractivity contribution in [1.82, 2.24) is 0 Å². The molecular formula is C20H22ClNO3S2. The van der Waals surface area contributed by atoms with Crippen LogP contribution in [-0.2, 0) is 21.0 Å². The van der Waals surface area contributed by atoms with Gasteiger partial charge in [-0.2, -0.15) is 0 Å². The van der Waals surface area contributed by atoms with E-state index >= 15 is 0 Å². The fourth-order valence-electron chi connectivity index (χ4n) is 3.84. The molecule has 3 atom stereocenters. The van der Waals surface area contributed by atoms with Crippen LogP contribution >= 0.6 is 23.8 Å². The summed E-state index contributed by atoms with van der Waals surface area (Å²) in [6, 6.07) is 14.1. The van der Waals surface area contributed by atoms with Crippen LogP contribution in [-0.4, -0.2) is 32.4 Å². The Balaban J connectivity index is 2.09. The molecular weight excluding hydrogens is 402 g/mol. The van der Waals surface area contributed by atoms with Crippen LogP contribution in [0.1, 0.15) is 24.0 Å². The number of sulfone groups is 1. The fraction of sp³-hybridized carbons (Fsp3) is 0.350. The minimum Gasteiger partial charge on any atom is -0.393 e. The van der Waals surface area contributed by atoms with E-state index in [0.717, 1.165) is 12.0 Å². The van der Waals surface area contributed by atoms with Crippen LogP contribution < -0.4 is 5.73 Å². The summed E-state index contributed by atoms with van der Waals surface area (Å²) in [5.41, 5.74) is 7.22. The third-order valence-electron chi connectivity index (χ3n) is 5.32. The van der Waals surface area contributed by atoms with Gasteiger partial charge in [0, 0.05) is 18.1 Å². The van der Waals surface area contributed by atoms with Crippen molar-refractivity contribution in [3.8, 4) is 0 Å². The zero-order valence-electron chi connectivity index (χ0n) is 15.2. The van der Waals surface area contributed by atoms with Gasteiger partial charge in [0.25, 0.3) is 0 Å². The van der Waals surface area contributed by atoms with Gasteiger partial charge in [-0.15, -0.1) is 0 Å². The lowest BCUT2D eigenvalue weighted by Crippen LogP contribution is -2.33. The molecule has 0 spiro atoms. The van der Waals surface area contributed by atoms with E-state index in [0.29, 0.717) is 5.02 Å². The van der Waals surface area contributed by atoms with E-state index in [4.69, 9.17) is 34.3 Å². The van der Waals surface area contributed by atoms with E-state index in [-0.39, 0.29) is 22.4 Å². The zero-order valence-corrected chi connectivity index (χ0v) is 17.6. The molecule has 27 heavy (non-hydrogen) atoms. The van der Waals surface area contributed by atoms with Gasteiger partial charge in [-0.3, -0.25) is 0 Å². The minimum atomic E-state index is -3.68. The molecule has 7 heteroatoms. The summed E-state index contributed by atoms with van der Waals surface area (Å²) in [5, 5.41) is -0.287. The molecule has 2 N–H and O–H groups in total. The molecule has 4 nitrogen and oxygen atoms in total. The maximum atomic E-state index is 13.4. The number of methoxy groups -OCH3 is 1. The molecule has 0 amide bonds. The molecule has 0 saturated heterocycles. The van der Waals surface area contributed by atoms with Crippen molar-refractivity contribution in [2.24, 2.45) is 11.1 Å². The third kappa shape index (κ3) is 3.40. The van der Waals surface area contributed by atoms with Crippen LogP contribution in [0, 0.1) is 5.41 Å². The van der Waals surface area contributed by atoms with Gasteiger partial charge in [0.15, 0.2) is 9.84 Å². The highest BCUT2D eigenvalue weighted by Crippen LogP contribution is 2.64. The Kier molecular flexibility index (Phi) is 5.64. The van der Waals surface area contributed by atoms with Crippen molar-refractivity contribution in [1.29, 1.82) is 0 Å². The average molecular weight is 424 g/mol. The molecule has 0 aromatic heterocycles. The van der Waals surface area contributed by atoms with Crippen molar-refractivity contribution in [2.45, 2.75) is 29.4 Å². The first-order valence-electron chi connectivity index (χ1n) is 8.66. The highest BCUT2D eigenvalue weighted by Gasteiger charge is 2.73. The Morgan fingerprint density at radius 3 is 2.26 bits per heavy atom. The summed E-state index contributed by atoms with van der Waals surface area (Å²) in [5.74, 6) is -0.346. The molecule has 3 rings (SSSR count). The van der Waals surface area contributed by atoms with Crippen LogP contribution in [0.15, 0.2) is 53.4 Å². The van der Waals surface area contributed by atoms with Crippen molar-refractivity contribution in [3.05, 3.63) is 64.7 Å². The first kappa shape index (κ1) is 20.3. The van der Waals surface area contributed by atoms with Gasteiger partial charge in [-0.25, -0.2) is 8.42 Å². The van der Waals surface area contributed by atoms with E-state index in [1.807, 2.05) is 24.3 Å². The highest BCUT2D eigenvalue weighted by atomic mass is 35.5. The molecule has 0 aliphatic heterocycles. The molecule has 0 unspecified atom stereocenters. The lowest BCUT2D eigenvalue weighted by molar-refractivity contribution is 0.166. The van der Waals surface area contributed by atoms with Gasteiger partial charge in [-0.1, -0.05) is 55.0 Å². The summed E-state index contributed by atoms with van der Waals surface area (Å²) in [4.78, 5) is 0.373. The lowest BCUT2D eigenvalue weighted by atomic mass is 9.98. The molecule has 1 aliphatic carbocycles. The van der Waals surface area contributed by atoms with Crippen LogP contribution in [0.5, 0.6) is 0 Å². The Hall–Kier alpha value is -1.47. The molecule has 2 aromatic rings. The number of benzene rings is 2. The number of rotatable bonds is 7. The number of aryl methyl sites for hydroxylation is 1. The molecule has 0 bridgehead atoms. The lowest BCUT2D eigenvalue weighted by Gasteiger charge is -2.16. The average Bonchev–Trinajstić information content (AvgIpc) is 3.33. The molecule has 1 aliphatic rings. The van der Waals surface area contributed by atoms with Gasteiger partial charge >= 0.3 is 0 Å². The summed E-state index contributed by atoms with van der Waals surface area (Å²) in [6.07, 6.45) is 0.913. The first-order chi connectivity index (χ1) is 12.8. The van der Waals surface area contributed by atoms with Crippen LogP contribution in [0.4, 0.5) is 0 Å². The SMILES string of the molecule is CCc1ccc([C@H]2[C@H](S(=O)(=O)c3ccc(Cl)cc3)[C@@]2(COC)C(N)=S)cc1. The van der Waals surface area contributed by atoms with Gasteiger partial charge in [0.2, 0.25) is 0 Å². The molecule has 0 radical (unpaired) electrons. The van der Waals surface area contributed by atoms with Crippen molar-refractivity contribution in [2.75, 3.05) is 13.7 Å². The molecule has 0 heterocycles. The Morgan fingerprint density at radius 1 is 1.19 bits per heavy atom. The Bertz CT molecular complexity index is 942. The van der Waals surface area contributed by atoms with E-state index in [1.165, 1.54) is 24.8 Å². The maximum Gasteiger partial charge on any atom is 0.182 e. The first-order valence-corrected chi connectivity index (χ1v) is 11.0. The number of thiocarbonyl (C=S) groups is 1. The summed E-state index contributed by atoms with van der Waals surface area (Å²) in [6.45, 7) is 2.23. The molecule has 2 aromatic carbocycles. The summed E-state index contributed by atoms with van der Waals surface area (Å²) in [7, 11) is -2.15. The van der Waals surface area contributed by atoms with Crippen molar-refractivity contribution in [3.63, 3.8) is 0 Å². The summed E-state index contributed by atoms with van der Waals surface area (Å²) < 4.78 is 32.1. The topological polar surface area (TPSA) is 69.4 Å². The second kappa shape index (κ2) is 7.51. The molecule has 144 valence electrons. The minimum absolute atomic E-state index is 0.153.